The molecule has 4 rings (SSSR count). The van der Waals surface area contributed by atoms with Crippen LogP contribution in [0.4, 0.5) is 0 Å². The van der Waals surface area contributed by atoms with Crippen LogP contribution in [0.25, 0.3) is 0 Å². The first-order valence-electron chi connectivity index (χ1n) is 10.3. The van der Waals surface area contributed by atoms with E-state index in [2.05, 4.69) is 21.7 Å². The molecular weight excluding hydrogens is 372 g/mol. The zero-order chi connectivity index (χ0) is 19.5. The van der Waals surface area contributed by atoms with E-state index in [4.69, 9.17) is 0 Å². The third-order valence-electron chi connectivity index (χ3n) is 5.75. The van der Waals surface area contributed by atoms with Crippen LogP contribution in [0.1, 0.15) is 54.4 Å². The predicted molar refractivity (Wildman–Crippen MR) is 109 cm³/mol. The second-order valence-electron chi connectivity index (χ2n) is 7.76. The summed E-state index contributed by atoms with van der Waals surface area (Å²) in [5, 5.41) is 5.09. The number of hydrogen-bond donors (Lipinski definition) is 1. The van der Waals surface area contributed by atoms with Crippen LogP contribution < -0.4 is 5.32 Å². The highest BCUT2D eigenvalue weighted by Crippen LogP contribution is 2.25. The second kappa shape index (κ2) is 8.47. The lowest BCUT2D eigenvalue weighted by molar-refractivity contribution is -0.137. The molecule has 2 aromatic heterocycles. The van der Waals surface area contributed by atoms with Gasteiger partial charge in [-0.1, -0.05) is 13.3 Å². The van der Waals surface area contributed by atoms with Crippen LogP contribution in [0, 0.1) is 0 Å². The number of thiophene rings is 1. The molecule has 3 heterocycles. The van der Waals surface area contributed by atoms with Crippen LogP contribution in [-0.4, -0.2) is 38.9 Å². The summed E-state index contributed by atoms with van der Waals surface area (Å²) in [6, 6.07) is 1.66. The lowest BCUT2D eigenvalue weighted by atomic mass is 10.0. The third kappa shape index (κ3) is 3.99. The van der Waals surface area contributed by atoms with Gasteiger partial charge in [0.25, 0.3) is 0 Å². The molecule has 0 saturated carbocycles. The van der Waals surface area contributed by atoms with E-state index in [-0.39, 0.29) is 18.4 Å². The lowest BCUT2D eigenvalue weighted by Crippen LogP contribution is -2.50. The summed E-state index contributed by atoms with van der Waals surface area (Å²) >= 11 is 1.77. The van der Waals surface area contributed by atoms with E-state index in [1.165, 1.54) is 22.6 Å². The molecule has 0 radical (unpaired) electrons. The fraction of sp³-hybridized carbons (Fsp3) is 0.571. The fourth-order valence-electron chi connectivity index (χ4n) is 4.26. The van der Waals surface area contributed by atoms with Gasteiger partial charge in [0, 0.05) is 23.7 Å². The standard InChI is InChI=1S/C21H28N4O2S/c1-2-5-17(21(27)24-10-8-19-15(12-24)9-11-28-19)23-20(26)13-25-14-22-16-6-3-4-7-18(16)25/h9,11,14,17H,2-8,10,12-13H2,1H3,(H,23,26)/t17-/m1/s1. The maximum absolute atomic E-state index is 13.1. The minimum Gasteiger partial charge on any atom is -0.343 e. The Balaban J connectivity index is 1.39. The van der Waals surface area contributed by atoms with Crippen LogP contribution >= 0.6 is 11.3 Å². The van der Waals surface area contributed by atoms with Gasteiger partial charge in [-0.15, -0.1) is 11.3 Å². The van der Waals surface area contributed by atoms with Gasteiger partial charge in [0.1, 0.15) is 12.6 Å². The maximum atomic E-state index is 13.1. The number of aryl methyl sites for hydroxylation is 1. The summed E-state index contributed by atoms with van der Waals surface area (Å²) in [5.74, 6) is -0.0643. The zero-order valence-electron chi connectivity index (χ0n) is 16.4. The van der Waals surface area contributed by atoms with Crippen molar-refractivity contribution in [2.75, 3.05) is 6.54 Å². The van der Waals surface area contributed by atoms with Crippen LogP contribution in [0.5, 0.6) is 0 Å². The SMILES string of the molecule is CCC[C@@H](NC(=O)Cn1cnc2c1CCCC2)C(=O)N1CCc2sccc2C1. The van der Waals surface area contributed by atoms with Crippen molar-refractivity contribution >= 4 is 23.2 Å². The number of carbonyl (C=O) groups is 2. The normalized spacial score (nSPS) is 17.0. The van der Waals surface area contributed by atoms with Crippen molar-refractivity contribution in [1.29, 1.82) is 0 Å². The molecule has 1 atom stereocenters. The molecule has 0 fully saturated rings. The lowest BCUT2D eigenvalue weighted by Gasteiger charge is -2.31. The summed E-state index contributed by atoms with van der Waals surface area (Å²) in [7, 11) is 0. The van der Waals surface area contributed by atoms with Gasteiger partial charge in [-0.05, 0) is 55.5 Å². The van der Waals surface area contributed by atoms with E-state index in [0.29, 0.717) is 13.0 Å². The van der Waals surface area contributed by atoms with Gasteiger partial charge in [-0.2, -0.15) is 0 Å². The third-order valence-corrected chi connectivity index (χ3v) is 6.78. The molecule has 7 heteroatoms. The van der Waals surface area contributed by atoms with Crippen molar-refractivity contribution in [2.45, 2.75) is 71.0 Å². The fourth-order valence-corrected chi connectivity index (χ4v) is 5.15. The summed E-state index contributed by atoms with van der Waals surface area (Å²) in [4.78, 5) is 33.5. The quantitative estimate of drug-likeness (QED) is 0.811. The first kappa shape index (κ1) is 19.2. The number of amides is 2. The number of nitrogens with one attached hydrogen (secondary N) is 1. The molecule has 0 bridgehead atoms. The van der Waals surface area contributed by atoms with E-state index in [1.807, 2.05) is 16.4 Å². The average molecular weight is 401 g/mol. The summed E-state index contributed by atoms with van der Waals surface area (Å²) in [6.07, 6.45) is 8.51. The molecule has 1 aliphatic carbocycles. The number of aromatic nitrogens is 2. The molecule has 6 nitrogen and oxygen atoms in total. The Morgan fingerprint density at radius 1 is 1.29 bits per heavy atom. The summed E-state index contributed by atoms with van der Waals surface area (Å²) in [5.41, 5.74) is 3.55. The largest absolute Gasteiger partial charge is 0.343 e. The van der Waals surface area contributed by atoms with Crippen molar-refractivity contribution in [3.63, 3.8) is 0 Å². The molecule has 2 aromatic rings. The number of carbonyl (C=O) groups excluding carboxylic acids is 2. The molecule has 0 saturated heterocycles. The van der Waals surface area contributed by atoms with Crippen LogP contribution in [0.15, 0.2) is 17.8 Å². The topological polar surface area (TPSA) is 67.2 Å². The Hall–Kier alpha value is -2.15. The molecule has 150 valence electrons. The van der Waals surface area contributed by atoms with E-state index >= 15 is 0 Å². The molecule has 0 spiro atoms. The van der Waals surface area contributed by atoms with Crippen molar-refractivity contribution < 1.29 is 9.59 Å². The highest BCUT2D eigenvalue weighted by Gasteiger charge is 2.28. The van der Waals surface area contributed by atoms with Gasteiger partial charge in [0.15, 0.2) is 0 Å². The second-order valence-corrected chi connectivity index (χ2v) is 8.76. The number of hydrogen-bond acceptors (Lipinski definition) is 4. The van der Waals surface area contributed by atoms with Crippen molar-refractivity contribution in [3.05, 3.63) is 39.6 Å². The van der Waals surface area contributed by atoms with Crippen molar-refractivity contribution in [2.24, 2.45) is 0 Å². The Labute approximate surface area is 169 Å². The van der Waals surface area contributed by atoms with Gasteiger partial charge in [-0.25, -0.2) is 4.98 Å². The highest BCUT2D eigenvalue weighted by atomic mass is 32.1. The maximum Gasteiger partial charge on any atom is 0.245 e. The molecule has 0 unspecified atom stereocenters. The van der Waals surface area contributed by atoms with E-state index in [9.17, 15) is 9.59 Å². The van der Waals surface area contributed by atoms with Crippen molar-refractivity contribution in [3.8, 4) is 0 Å². The van der Waals surface area contributed by atoms with Gasteiger partial charge in [-0.3, -0.25) is 9.59 Å². The Kier molecular flexibility index (Phi) is 5.80. The first-order valence-corrected chi connectivity index (χ1v) is 11.2. The Morgan fingerprint density at radius 2 is 2.14 bits per heavy atom. The zero-order valence-corrected chi connectivity index (χ0v) is 17.3. The van der Waals surface area contributed by atoms with Crippen LogP contribution in [0.2, 0.25) is 0 Å². The molecular formula is C21H28N4O2S. The monoisotopic (exact) mass is 400 g/mol. The number of nitrogens with zero attached hydrogens (tertiary/aromatic N) is 3. The average Bonchev–Trinajstić information content (AvgIpc) is 3.33. The molecule has 0 aromatic carbocycles. The number of fused-ring (bicyclic) bond motifs is 2. The van der Waals surface area contributed by atoms with Crippen LogP contribution in [0.3, 0.4) is 0 Å². The van der Waals surface area contributed by atoms with Crippen LogP contribution in [-0.2, 0) is 41.9 Å². The molecule has 2 amide bonds. The minimum absolute atomic E-state index is 0.0414. The minimum atomic E-state index is -0.447. The van der Waals surface area contributed by atoms with E-state index in [0.717, 1.165) is 44.3 Å². The predicted octanol–water partition coefficient (Wildman–Crippen LogP) is 2.69. The van der Waals surface area contributed by atoms with Gasteiger partial charge >= 0.3 is 0 Å². The van der Waals surface area contributed by atoms with Gasteiger partial charge in [0.2, 0.25) is 11.8 Å². The number of imidazole rings is 1. The van der Waals surface area contributed by atoms with Crippen molar-refractivity contribution in [1.82, 2.24) is 19.8 Å². The molecule has 28 heavy (non-hydrogen) atoms. The van der Waals surface area contributed by atoms with E-state index in [1.54, 1.807) is 17.7 Å². The first-order chi connectivity index (χ1) is 13.7. The molecule has 1 aliphatic heterocycles. The van der Waals surface area contributed by atoms with Gasteiger partial charge in [0.05, 0.1) is 12.0 Å². The Morgan fingerprint density at radius 3 is 3.00 bits per heavy atom. The van der Waals surface area contributed by atoms with Gasteiger partial charge < -0.3 is 14.8 Å². The highest BCUT2D eigenvalue weighted by molar-refractivity contribution is 7.10. The van der Waals surface area contributed by atoms with E-state index < -0.39 is 6.04 Å². The molecule has 2 aliphatic rings. The smallest absolute Gasteiger partial charge is 0.245 e. The summed E-state index contributed by atoms with van der Waals surface area (Å²) < 4.78 is 1.95. The summed E-state index contributed by atoms with van der Waals surface area (Å²) in [6.45, 7) is 3.68. The number of rotatable bonds is 6. The Bertz CT molecular complexity index is 856. The molecule has 1 N–H and O–H groups in total.